The largest absolute Gasteiger partial charge is 0.508 e. The summed E-state index contributed by atoms with van der Waals surface area (Å²) in [7, 11) is 0. The number of rotatable bonds is 4. The minimum Gasteiger partial charge on any atom is -0.508 e. The van der Waals surface area contributed by atoms with Crippen LogP contribution in [0.15, 0.2) is 12.1 Å². The number of carbonyl (C=O) groups is 1. The van der Waals surface area contributed by atoms with Gasteiger partial charge in [0.2, 0.25) is 0 Å². The number of aliphatic hydroxyl groups is 1. The number of cyclic esters (lactones) is 1. The lowest BCUT2D eigenvalue weighted by Gasteiger charge is -2.25. The second-order valence-electron chi connectivity index (χ2n) is 5.00. The van der Waals surface area contributed by atoms with Crippen molar-refractivity contribution in [2.45, 2.75) is 44.8 Å². The Morgan fingerprint density at radius 3 is 2.84 bits per heavy atom. The minimum absolute atomic E-state index is 0.0767. The number of hydrogen-bond acceptors (Lipinski definition) is 5. The summed E-state index contributed by atoms with van der Waals surface area (Å²) >= 11 is 0. The zero-order chi connectivity index (χ0) is 14.0. The number of aliphatic hydroxyl groups excluding tert-OH is 1. The molecule has 0 amide bonds. The molecule has 1 aliphatic heterocycles. The highest BCUT2D eigenvalue weighted by molar-refractivity contribution is 5.93. The molecule has 19 heavy (non-hydrogen) atoms. The predicted molar refractivity (Wildman–Crippen MR) is 68.2 cm³/mol. The fourth-order valence-electron chi connectivity index (χ4n) is 2.32. The summed E-state index contributed by atoms with van der Waals surface area (Å²) in [6.07, 6.45) is 1.85. The van der Waals surface area contributed by atoms with Crippen molar-refractivity contribution < 1.29 is 24.9 Å². The Bertz CT molecular complexity index is 481. The first-order valence-electron chi connectivity index (χ1n) is 6.41. The molecule has 0 aromatic heterocycles. The van der Waals surface area contributed by atoms with Crippen LogP contribution in [0.25, 0.3) is 0 Å². The van der Waals surface area contributed by atoms with Gasteiger partial charge in [0, 0.05) is 18.1 Å². The quantitative estimate of drug-likeness (QED) is 0.722. The molecule has 1 aliphatic rings. The number of ether oxygens (including phenoxy) is 1. The van der Waals surface area contributed by atoms with Gasteiger partial charge in [-0.15, -0.1) is 0 Å². The van der Waals surface area contributed by atoms with Gasteiger partial charge in [0.25, 0.3) is 0 Å². The maximum absolute atomic E-state index is 11.8. The molecule has 3 N–H and O–H groups in total. The number of aromatic hydroxyl groups is 2. The molecule has 104 valence electrons. The van der Waals surface area contributed by atoms with E-state index >= 15 is 0 Å². The summed E-state index contributed by atoms with van der Waals surface area (Å²) in [5.74, 6) is -0.748. The molecule has 0 saturated carbocycles. The van der Waals surface area contributed by atoms with E-state index in [1.807, 2.05) is 0 Å². The number of esters is 1. The lowest BCUT2D eigenvalue weighted by atomic mass is 9.94. The lowest BCUT2D eigenvalue weighted by molar-refractivity contribution is 0.0221. The van der Waals surface area contributed by atoms with Crippen molar-refractivity contribution in [2.75, 3.05) is 0 Å². The first kappa shape index (κ1) is 13.7. The minimum atomic E-state index is -0.519. The smallest absolute Gasteiger partial charge is 0.338 e. The van der Waals surface area contributed by atoms with Crippen molar-refractivity contribution >= 4 is 5.97 Å². The molecule has 0 radical (unpaired) electrons. The standard InChI is InChI=1S/C14H18O5/c1-8(15)3-2-4-10-7-11-12(14(18)19-10)5-9(16)6-13(11)17/h5-6,8,10,15-17H,2-4,7H2,1H3/t8-,10+/m0/s1. The van der Waals surface area contributed by atoms with Crippen LogP contribution in [-0.2, 0) is 11.2 Å². The van der Waals surface area contributed by atoms with Crippen molar-refractivity contribution in [3.05, 3.63) is 23.3 Å². The number of hydrogen-bond donors (Lipinski definition) is 3. The Hall–Kier alpha value is -1.75. The van der Waals surface area contributed by atoms with E-state index in [2.05, 4.69) is 0 Å². The Labute approximate surface area is 111 Å². The third-order valence-electron chi connectivity index (χ3n) is 3.28. The molecular weight excluding hydrogens is 248 g/mol. The van der Waals surface area contributed by atoms with Gasteiger partial charge < -0.3 is 20.1 Å². The Morgan fingerprint density at radius 2 is 2.16 bits per heavy atom. The van der Waals surface area contributed by atoms with E-state index < -0.39 is 5.97 Å². The Morgan fingerprint density at radius 1 is 1.42 bits per heavy atom. The topological polar surface area (TPSA) is 87.0 Å². The number of phenols is 2. The van der Waals surface area contributed by atoms with Crippen LogP contribution in [0.3, 0.4) is 0 Å². The molecule has 1 aromatic carbocycles. The summed E-state index contributed by atoms with van der Waals surface area (Å²) < 4.78 is 5.26. The second kappa shape index (κ2) is 5.48. The van der Waals surface area contributed by atoms with Gasteiger partial charge in [0.15, 0.2) is 0 Å². The van der Waals surface area contributed by atoms with Crippen molar-refractivity contribution in [3.63, 3.8) is 0 Å². The van der Waals surface area contributed by atoms with Gasteiger partial charge in [-0.05, 0) is 32.3 Å². The maximum Gasteiger partial charge on any atom is 0.338 e. The van der Waals surface area contributed by atoms with Gasteiger partial charge >= 0.3 is 5.97 Å². The summed E-state index contributed by atoms with van der Waals surface area (Å²) in [5, 5.41) is 28.3. The summed E-state index contributed by atoms with van der Waals surface area (Å²) in [6.45, 7) is 1.72. The van der Waals surface area contributed by atoms with Crippen LogP contribution < -0.4 is 0 Å². The maximum atomic E-state index is 11.8. The van der Waals surface area contributed by atoms with Gasteiger partial charge in [-0.3, -0.25) is 0 Å². The molecule has 2 rings (SSSR count). The molecular formula is C14H18O5. The predicted octanol–water partition coefficient (Wildman–Crippen LogP) is 1.73. The van der Waals surface area contributed by atoms with Gasteiger partial charge in [0.05, 0.1) is 11.7 Å². The summed E-state index contributed by atoms with van der Waals surface area (Å²) in [6, 6.07) is 2.54. The highest BCUT2D eigenvalue weighted by atomic mass is 16.5. The number of phenolic OH excluding ortho intramolecular Hbond substituents is 2. The lowest BCUT2D eigenvalue weighted by Crippen LogP contribution is -2.27. The van der Waals surface area contributed by atoms with Crippen LogP contribution in [0.1, 0.15) is 42.1 Å². The van der Waals surface area contributed by atoms with E-state index in [1.165, 1.54) is 12.1 Å². The molecule has 0 fully saturated rings. The Balaban J connectivity index is 2.09. The normalized spacial score (nSPS) is 19.7. The van der Waals surface area contributed by atoms with Gasteiger partial charge in [-0.1, -0.05) is 0 Å². The van der Waals surface area contributed by atoms with E-state index in [0.29, 0.717) is 24.8 Å². The van der Waals surface area contributed by atoms with E-state index in [1.54, 1.807) is 6.92 Å². The Kier molecular flexibility index (Phi) is 3.95. The highest BCUT2D eigenvalue weighted by Crippen LogP contribution is 2.33. The van der Waals surface area contributed by atoms with Crippen LogP contribution in [0.5, 0.6) is 11.5 Å². The average Bonchev–Trinajstić information content (AvgIpc) is 2.30. The average molecular weight is 266 g/mol. The van der Waals surface area contributed by atoms with E-state index in [9.17, 15) is 20.1 Å². The molecule has 2 atom stereocenters. The van der Waals surface area contributed by atoms with Crippen molar-refractivity contribution in [3.8, 4) is 11.5 Å². The summed E-state index contributed by atoms with van der Waals surface area (Å²) in [4.78, 5) is 11.8. The van der Waals surface area contributed by atoms with Crippen molar-refractivity contribution in [2.24, 2.45) is 0 Å². The first-order chi connectivity index (χ1) is 8.97. The SMILES string of the molecule is C[C@H](O)CCC[C@@H]1Cc2c(O)cc(O)cc2C(=O)O1. The number of carbonyl (C=O) groups excluding carboxylic acids is 1. The highest BCUT2D eigenvalue weighted by Gasteiger charge is 2.28. The number of fused-ring (bicyclic) bond motifs is 1. The van der Waals surface area contributed by atoms with Crippen LogP contribution in [-0.4, -0.2) is 33.5 Å². The van der Waals surface area contributed by atoms with Crippen molar-refractivity contribution in [1.82, 2.24) is 0 Å². The van der Waals surface area contributed by atoms with Crippen LogP contribution in [0.4, 0.5) is 0 Å². The summed E-state index contributed by atoms with van der Waals surface area (Å²) in [5.41, 5.74) is 0.750. The molecule has 0 unspecified atom stereocenters. The molecule has 1 aromatic rings. The van der Waals surface area contributed by atoms with Crippen LogP contribution in [0.2, 0.25) is 0 Å². The van der Waals surface area contributed by atoms with Gasteiger partial charge in [0.1, 0.15) is 17.6 Å². The van der Waals surface area contributed by atoms with Gasteiger partial charge in [-0.25, -0.2) is 4.79 Å². The molecule has 1 heterocycles. The third-order valence-corrected chi connectivity index (χ3v) is 3.28. The van der Waals surface area contributed by atoms with Crippen LogP contribution >= 0.6 is 0 Å². The zero-order valence-electron chi connectivity index (χ0n) is 10.8. The molecule has 0 saturated heterocycles. The number of benzene rings is 1. The fourth-order valence-corrected chi connectivity index (χ4v) is 2.32. The van der Waals surface area contributed by atoms with E-state index in [4.69, 9.17) is 4.74 Å². The zero-order valence-corrected chi connectivity index (χ0v) is 10.8. The third kappa shape index (κ3) is 3.17. The molecule has 5 heteroatoms. The van der Waals surface area contributed by atoms with E-state index in [0.717, 1.165) is 6.42 Å². The van der Waals surface area contributed by atoms with Crippen LogP contribution in [0, 0.1) is 0 Å². The monoisotopic (exact) mass is 266 g/mol. The molecule has 5 nitrogen and oxygen atoms in total. The molecule has 0 aliphatic carbocycles. The molecule has 0 bridgehead atoms. The van der Waals surface area contributed by atoms with E-state index in [-0.39, 0.29) is 29.3 Å². The molecule has 0 spiro atoms. The second-order valence-corrected chi connectivity index (χ2v) is 5.00. The van der Waals surface area contributed by atoms with Gasteiger partial charge in [-0.2, -0.15) is 0 Å². The van der Waals surface area contributed by atoms with Crippen molar-refractivity contribution in [1.29, 1.82) is 0 Å². The first-order valence-corrected chi connectivity index (χ1v) is 6.41. The fraction of sp³-hybridized carbons (Fsp3) is 0.500.